The van der Waals surface area contributed by atoms with E-state index in [0.29, 0.717) is 13.2 Å². The highest BCUT2D eigenvalue weighted by Gasteiger charge is 2.27. The van der Waals surface area contributed by atoms with Crippen molar-refractivity contribution < 1.29 is 14.3 Å². The second kappa shape index (κ2) is 12.8. The van der Waals surface area contributed by atoms with Crippen molar-refractivity contribution >= 4 is 30.6 Å². The summed E-state index contributed by atoms with van der Waals surface area (Å²) in [6.07, 6.45) is 7.84. The molecule has 2 saturated heterocycles. The van der Waals surface area contributed by atoms with E-state index in [1.165, 1.54) is 64.7 Å². The Morgan fingerprint density at radius 3 is 1.41 bits per heavy atom. The molecule has 0 amide bonds. The average molecular weight is 508 g/mol. The smallest absolute Gasteiger partial charge is 0.194 e. The molecule has 0 bridgehead atoms. The third-order valence-corrected chi connectivity index (χ3v) is 7.01. The lowest BCUT2D eigenvalue weighted by molar-refractivity contribution is 0.104. The Morgan fingerprint density at radius 1 is 0.588 bits per heavy atom. The Kier molecular flexibility index (Phi) is 10.1. The van der Waals surface area contributed by atoms with E-state index in [0.717, 1.165) is 46.8 Å². The van der Waals surface area contributed by atoms with Gasteiger partial charge in [0.2, 0.25) is 0 Å². The number of ether oxygens (including phenoxy) is 2. The Morgan fingerprint density at radius 2 is 1.00 bits per heavy atom. The van der Waals surface area contributed by atoms with Gasteiger partial charge >= 0.3 is 0 Å². The number of hydrogen-bond acceptors (Lipinski definition) is 5. The molecule has 5 nitrogen and oxygen atoms in total. The van der Waals surface area contributed by atoms with Gasteiger partial charge in [-0.3, -0.25) is 14.6 Å². The van der Waals surface area contributed by atoms with Crippen LogP contribution in [0.5, 0.6) is 11.5 Å². The summed E-state index contributed by atoms with van der Waals surface area (Å²) >= 11 is 0. The number of fused-ring (bicyclic) bond motifs is 3. The summed E-state index contributed by atoms with van der Waals surface area (Å²) in [5.74, 6) is 1.62. The minimum Gasteiger partial charge on any atom is -0.492 e. The van der Waals surface area contributed by atoms with Crippen LogP contribution in [0.25, 0.3) is 11.1 Å². The van der Waals surface area contributed by atoms with Gasteiger partial charge < -0.3 is 9.47 Å². The monoisotopic (exact) mass is 506 g/mol. The Bertz CT molecular complexity index is 881. The molecule has 7 heteroatoms. The number of ketones is 1. The van der Waals surface area contributed by atoms with Crippen molar-refractivity contribution in [3.8, 4) is 22.6 Å². The molecule has 34 heavy (non-hydrogen) atoms. The normalized spacial score (nSPS) is 17.8. The van der Waals surface area contributed by atoms with E-state index in [4.69, 9.17) is 9.47 Å². The minimum atomic E-state index is 0. The zero-order chi connectivity index (χ0) is 21.8. The lowest BCUT2D eigenvalue weighted by atomic mass is 10.1. The van der Waals surface area contributed by atoms with E-state index in [1.807, 2.05) is 36.4 Å². The molecule has 0 saturated carbocycles. The summed E-state index contributed by atoms with van der Waals surface area (Å²) in [5, 5.41) is 0. The fourth-order valence-electron chi connectivity index (χ4n) is 5.17. The van der Waals surface area contributed by atoms with Crippen LogP contribution in [0.4, 0.5) is 0 Å². The van der Waals surface area contributed by atoms with Crippen LogP contribution >= 0.6 is 24.8 Å². The van der Waals surface area contributed by atoms with Gasteiger partial charge in [-0.25, -0.2) is 0 Å². The van der Waals surface area contributed by atoms with Gasteiger partial charge in [0.15, 0.2) is 5.78 Å². The van der Waals surface area contributed by atoms with Crippen molar-refractivity contribution in [2.45, 2.75) is 38.5 Å². The SMILES string of the molecule is Cl.Cl.O=C1c2cc(OCCN3CCCCC3)ccc2-c2ccc(OCCN3CCCCC3)cc21. The molecule has 0 spiro atoms. The predicted molar refractivity (Wildman–Crippen MR) is 141 cm³/mol. The minimum absolute atomic E-state index is 0. The maximum Gasteiger partial charge on any atom is 0.194 e. The first kappa shape index (κ1) is 26.8. The lowest BCUT2D eigenvalue weighted by Crippen LogP contribution is -2.33. The van der Waals surface area contributed by atoms with Crippen LogP contribution in [0, 0.1) is 0 Å². The highest BCUT2D eigenvalue weighted by molar-refractivity contribution is 6.22. The highest BCUT2D eigenvalue weighted by atomic mass is 35.5. The van der Waals surface area contributed by atoms with Crippen molar-refractivity contribution in [3.63, 3.8) is 0 Å². The largest absolute Gasteiger partial charge is 0.492 e. The number of halogens is 2. The van der Waals surface area contributed by atoms with Gasteiger partial charge in [0, 0.05) is 24.2 Å². The number of hydrogen-bond donors (Lipinski definition) is 0. The van der Waals surface area contributed by atoms with Crippen molar-refractivity contribution in [1.29, 1.82) is 0 Å². The first-order valence-electron chi connectivity index (χ1n) is 12.3. The zero-order valence-corrected chi connectivity index (χ0v) is 21.4. The van der Waals surface area contributed by atoms with Crippen LogP contribution < -0.4 is 9.47 Å². The Hall–Kier alpha value is -1.79. The summed E-state index contributed by atoms with van der Waals surface area (Å²) in [6.45, 7) is 7.90. The molecule has 5 rings (SSSR count). The van der Waals surface area contributed by atoms with Crippen LogP contribution in [-0.2, 0) is 0 Å². The van der Waals surface area contributed by atoms with Crippen LogP contribution in [-0.4, -0.2) is 68.1 Å². The topological polar surface area (TPSA) is 42.0 Å². The van der Waals surface area contributed by atoms with Crippen molar-refractivity contribution in [2.75, 3.05) is 52.5 Å². The molecule has 0 atom stereocenters. The zero-order valence-electron chi connectivity index (χ0n) is 19.8. The predicted octanol–water partition coefficient (Wildman–Crippen LogP) is 5.47. The first-order valence-corrected chi connectivity index (χ1v) is 12.3. The number of carbonyl (C=O) groups excluding carboxylic acids is 1. The van der Waals surface area contributed by atoms with Gasteiger partial charge in [-0.05, 0) is 99.4 Å². The van der Waals surface area contributed by atoms with E-state index in [9.17, 15) is 4.79 Å². The van der Waals surface area contributed by atoms with Crippen LogP contribution in [0.1, 0.15) is 54.4 Å². The van der Waals surface area contributed by atoms with Gasteiger partial charge in [0.25, 0.3) is 0 Å². The third-order valence-electron chi connectivity index (χ3n) is 7.01. The Labute approximate surface area is 215 Å². The van der Waals surface area contributed by atoms with Crippen molar-refractivity contribution in [3.05, 3.63) is 47.5 Å². The molecular formula is C27H36Cl2N2O3. The van der Waals surface area contributed by atoms with Crippen molar-refractivity contribution in [2.24, 2.45) is 0 Å². The summed E-state index contributed by atoms with van der Waals surface area (Å²) in [6, 6.07) is 11.8. The van der Waals surface area contributed by atoms with Crippen LogP contribution in [0.15, 0.2) is 36.4 Å². The fraction of sp³-hybridized carbons (Fsp3) is 0.519. The molecule has 2 heterocycles. The maximum absolute atomic E-state index is 13.1. The maximum atomic E-state index is 13.1. The lowest BCUT2D eigenvalue weighted by Gasteiger charge is -2.26. The fourth-order valence-corrected chi connectivity index (χ4v) is 5.17. The van der Waals surface area contributed by atoms with E-state index < -0.39 is 0 Å². The van der Waals surface area contributed by atoms with E-state index in [2.05, 4.69) is 9.80 Å². The molecule has 0 N–H and O–H groups in total. The first-order chi connectivity index (χ1) is 15.8. The summed E-state index contributed by atoms with van der Waals surface area (Å²) < 4.78 is 12.0. The van der Waals surface area contributed by atoms with Gasteiger partial charge in [0.1, 0.15) is 24.7 Å². The quantitative estimate of drug-likeness (QED) is 0.405. The molecule has 0 aromatic heterocycles. The number of benzene rings is 2. The average Bonchev–Trinajstić information content (AvgIpc) is 3.11. The molecule has 3 aliphatic rings. The summed E-state index contributed by atoms with van der Waals surface area (Å²) in [7, 11) is 0. The molecule has 0 unspecified atom stereocenters. The molecular weight excluding hydrogens is 471 g/mol. The molecule has 2 aromatic rings. The van der Waals surface area contributed by atoms with Crippen LogP contribution in [0.3, 0.4) is 0 Å². The van der Waals surface area contributed by atoms with Crippen LogP contribution in [0.2, 0.25) is 0 Å². The van der Waals surface area contributed by atoms with Gasteiger partial charge in [-0.2, -0.15) is 0 Å². The number of carbonyl (C=O) groups is 1. The number of likely N-dealkylation sites (tertiary alicyclic amines) is 2. The number of rotatable bonds is 8. The molecule has 2 aromatic carbocycles. The van der Waals surface area contributed by atoms with E-state index in [-0.39, 0.29) is 30.6 Å². The van der Waals surface area contributed by atoms with E-state index in [1.54, 1.807) is 0 Å². The molecule has 186 valence electrons. The standard InChI is InChI=1S/C27H34N2O3.2ClH/c30-27-25-19-21(31-17-15-28-11-3-1-4-12-28)7-9-23(25)24-10-8-22(20-26(24)27)32-18-16-29-13-5-2-6-14-29;;/h7-10,19-20H,1-6,11-18H2;2*1H. The Balaban J connectivity index is 0.00000162. The van der Waals surface area contributed by atoms with Gasteiger partial charge in [0.05, 0.1) is 0 Å². The summed E-state index contributed by atoms with van der Waals surface area (Å²) in [4.78, 5) is 18.0. The molecule has 2 aliphatic heterocycles. The van der Waals surface area contributed by atoms with Gasteiger partial charge in [-0.1, -0.05) is 12.8 Å². The molecule has 0 radical (unpaired) electrons. The van der Waals surface area contributed by atoms with Crippen molar-refractivity contribution in [1.82, 2.24) is 9.80 Å². The van der Waals surface area contributed by atoms with E-state index >= 15 is 0 Å². The molecule has 2 fully saturated rings. The summed E-state index contributed by atoms with van der Waals surface area (Å²) in [5.41, 5.74) is 3.46. The third kappa shape index (κ3) is 6.25. The van der Waals surface area contributed by atoms with Gasteiger partial charge in [-0.15, -0.1) is 24.8 Å². The number of nitrogens with zero attached hydrogens (tertiary/aromatic N) is 2. The second-order valence-electron chi connectivity index (χ2n) is 9.25. The second-order valence-corrected chi connectivity index (χ2v) is 9.25. The molecule has 1 aliphatic carbocycles. The number of piperidine rings is 2. The highest BCUT2D eigenvalue weighted by Crippen LogP contribution is 2.39.